The van der Waals surface area contributed by atoms with Crippen molar-refractivity contribution in [3.63, 3.8) is 0 Å². The van der Waals surface area contributed by atoms with Crippen LogP contribution in [0.5, 0.6) is 0 Å². The smallest absolute Gasteiger partial charge is 0.306 e. The van der Waals surface area contributed by atoms with E-state index in [0.29, 0.717) is 35.0 Å². The minimum absolute atomic E-state index is 0.0367. The summed E-state index contributed by atoms with van der Waals surface area (Å²) in [6, 6.07) is 13.2. The molecule has 12 nitrogen and oxygen atoms in total. The predicted molar refractivity (Wildman–Crippen MR) is 157 cm³/mol. The van der Waals surface area contributed by atoms with Gasteiger partial charge >= 0.3 is 5.97 Å². The quantitative estimate of drug-likeness (QED) is 0.200. The van der Waals surface area contributed by atoms with Gasteiger partial charge < -0.3 is 31.7 Å². The van der Waals surface area contributed by atoms with E-state index in [9.17, 15) is 19.2 Å². The Balaban J connectivity index is 1.67. The molecule has 0 saturated heterocycles. The van der Waals surface area contributed by atoms with Gasteiger partial charge in [-0.3, -0.25) is 19.2 Å². The van der Waals surface area contributed by atoms with E-state index < -0.39 is 23.4 Å². The first-order chi connectivity index (χ1) is 19.4. The predicted octanol–water partition coefficient (Wildman–Crippen LogP) is 4.45. The van der Waals surface area contributed by atoms with Gasteiger partial charge in [0.1, 0.15) is 17.0 Å². The molecular formula is C29H35N7O5. The number of hydrogen-bond donors (Lipinski definition) is 5. The van der Waals surface area contributed by atoms with Gasteiger partial charge in [-0.2, -0.15) is 4.98 Å². The molecule has 6 N–H and O–H groups in total. The number of amides is 3. The monoisotopic (exact) mass is 561 g/mol. The lowest BCUT2D eigenvalue weighted by molar-refractivity contribution is -0.155. The molecule has 0 atom stereocenters. The summed E-state index contributed by atoms with van der Waals surface area (Å²) in [5.74, 6) is -1.20. The van der Waals surface area contributed by atoms with Crippen LogP contribution in [0.2, 0.25) is 0 Å². The summed E-state index contributed by atoms with van der Waals surface area (Å²) in [4.78, 5) is 57.4. The fourth-order valence-electron chi connectivity index (χ4n) is 3.54. The number of carbonyl (C=O) groups is 4. The van der Waals surface area contributed by atoms with Gasteiger partial charge in [-0.05, 0) is 69.7 Å². The van der Waals surface area contributed by atoms with Crippen LogP contribution in [0.15, 0.2) is 54.7 Å². The summed E-state index contributed by atoms with van der Waals surface area (Å²) >= 11 is 0. The molecule has 0 fully saturated rings. The lowest BCUT2D eigenvalue weighted by atomic mass is 10.2. The molecule has 0 aliphatic carbocycles. The van der Waals surface area contributed by atoms with E-state index in [1.807, 2.05) is 6.92 Å². The maximum Gasteiger partial charge on any atom is 0.306 e. The number of rotatable bonds is 12. The number of esters is 1. The van der Waals surface area contributed by atoms with E-state index in [1.165, 1.54) is 6.20 Å². The second kappa shape index (κ2) is 13.9. The average molecular weight is 562 g/mol. The van der Waals surface area contributed by atoms with Crippen molar-refractivity contribution in [2.24, 2.45) is 5.73 Å². The van der Waals surface area contributed by atoms with E-state index in [2.05, 4.69) is 31.2 Å². The Kier molecular flexibility index (Phi) is 10.3. The number of anilines is 5. The normalized spacial score (nSPS) is 10.8. The molecule has 12 heteroatoms. The van der Waals surface area contributed by atoms with E-state index in [1.54, 1.807) is 69.3 Å². The second-order valence-electron chi connectivity index (χ2n) is 10.1. The van der Waals surface area contributed by atoms with Gasteiger partial charge in [-0.25, -0.2) is 4.98 Å². The maximum absolute atomic E-state index is 13.2. The summed E-state index contributed by atoms with van der Waals surface area (Å²) in [6.07, 6.45) is 2.13. The van der Waals surface area contributed by atoms with Crippen molar-refractivity contribution in [2.45, 2.75) is 52.6 Å². The van der Waals surface area contributed by atoms with Gasteiger partial charge in [0.05, 0.1) is 6.42 Å². The van der Waals surface area contributed by atoms with Gasteiger partial charge in [-0.15, -0.1) is 0 Å². The van der Waals surface area contributed by atoms with Crippen LogP contribution < -0.4 is 27.0 Å². The number of carbonyl (C=O) groups excluding carboxylic acids is 4. The molecule has 0 radical (unpaired) electrons. The maximum atomic E-state index is 13.2. The Hall–Kier alpha value is -5.00. The van der Waals surface area contributed by atoms with Crippen molar-refractivity contribution < 1.29 is 23.9 Å². The van der Waals surface area contributed by atoms with Crippen molar-refractivity contribution in [1.29, 1.82) is 0 Å². The van der Waals surface area contributed by atoms with Crippen LogP contribution in [-0.2, 0) is 14.3 Å². The Morgan fingerprint density at radius 1 is 0.927 bits per heavy atom. The van der Waals surface area contributed by atoms with Gasteiger partial charge in [0.15, 0.2) is 0 Å². The SMILES string of the molecule is CCCNc1nc(Nc2ccc(C(N)=O)cc2)ncc1C(=O)Nc1cccc(NC(=O)CCC(=O)OC(C)(C)C)c1. The summed E-state index contributed by atoms with van der Waals surface area (Å²) < 4.78 is 5.23. The zero-order valence-corrected chi connectivity index (χ0v) is 23.5. The molecule has 2 aromatic carbocycles. The summed E-state index contributed by atoms with van der Waals surface area (Å²) in [6.45, 7) is 7.85. The number of ether oxygens (including phenoxy) is 1. The van der Waals surface area contributed by atoms with E-state index >= 15 is 0 Å². The second-order valence-corrected chi connectivity index (χ2v) is 10.1. The minimum Gasteiger partial charge on any atom is -0.460 e. The first-order valence-corrected chi connectivity index (χ1v) is 13.1. The van der Waals surface area contributed by atoms with Crippen molar-refractivity contribution in [3.05, 3.63) is 65.9 Å². The van der Waals surface area contributed by atoms with Gasteiger partial charge in [0.2, 0.25) is 17.8 Å². The van der Waals surface area contributed by atoms with Crippen LogP contribution in [-0.4, -0.2) is 45.8 Å². The fourth-order valence-corrected chi connectivity index (χ4v) is 3.54. The van der Waals surface area contributed by atoms with Gasteiger partial charge in [-0.1, -0.05) is 13.0 Å². The molecule has 0 unspecified atom stereocenters. The molecule has 1 aromatic heterocycles. The standard InChI is InChI=1S/C29H35N7O5/c1-5-15-31-26-22(17-32-28(36-26)35-19-11-9-18(10-12-19)25(30)39)27(40)34-21-8-6-7-20(16-21)33-23(37)13-14-24(38)41-29(2,3)4/h6-12,16-17H,5,13-15H2,1-4H3,(H2,30,39)(H,33,37)(H,34,40)(H2,31,32,35,36). The first kappa shape index (κ1) is 30.5. The van der Waals surface area contributed by atoms with Crippen molar-refractivity contribution in [2.75, 3.05) is 27.8 Å². The van der Waals surface area contributed by atoms with Crippen LogP contribution in [0.25, 0.3) is 0 Å². The zero-order chi connectivity index (χ0) is 30.0. The van der Waals surface area contributed by atoms with Crippen LogP contribution in [0.3, 0.4) is 0 Å². The largest absolute Gasteiger partial charge is 0.460 e. The third-order valence-corrected chi connectivity index (χ3v) is 5.38. The average Bonchev–Trinajstić information content (AvgIpc) is 2.90. The Labute approximate surface area is 238 Å². The molecule has 1 heterocycles. The fraction of sp³-hybridized carbons (Fsp3) is 0.310. The topological polar surface area (TPSA) is 177 Å². The molecule has 3 rings (SSSR count). The highest BCUT2D eigenvalue weighted by molar-refractivity contribution is 6.07. The van der Waals surface area contributed by atoms with Gasteiger partial charge in [0, 0.05) is 41.8 Å². The van der Waals surface area contributed by atoms with E-state index in [-0.39, 0.29) is 30.3 Å². The molecule has 0 aliphatic rings. The van der Waals surface area contributed by atoms with Gasteiger partial charge in [0.25, 0.3) is 5.91 Å². The highest BCUT2D eigenvalue weighted by Crippen LogP contribution is 2.21. The number of benzene rings is 2. The zero-order valence-electron chi connectivity index (χ0n) is 23.5. The highest BCUT2D eigenvalue weighted by Gasteiger charge is 2.18. The molecule has 3 amide bonds. The molecular weight excluding hydrogens is 526 g/mol. The number of nitrogens with two attached hydrogens (primary N) is 1. The number of nitrogens with one attached hydrogen (secondary N) is 4. The summed E-state index contributed by atoms with van der Waals surface area (Å²) in [5, 5.41) is 11.7. The Bertz CT molecular complexity index is 1400. The van der Waals surface area contributed by atoms with Crippen LogP contribution in [0, 0.1) is 0 Å². The third-order valence-electron chi connectivity index (χ3n) is 5.38. The van der Waals surface area contributed by atoms with Crippen LogP contribution in [0.1, 0.15) is 67.7 Å². The Morgan fingerprint density at radius 2 is 1.61 bits per heavy atom. The summed E-state index contributed by atoms with van der Waals surface area (Å²) in [7, 11) is 0. The number of hydrogen-bond acceptors (Lipinski definition) is 9. The molecule has 3 aromatic rings. The van der Waals surface area contributed by atoms with Crippen LogP contribution >= 0.6 is 0 Å². The molecule has 0 aliphatic heterocycles. The van der Waals surface area contributed by atoms with E-state index in [4.69, 9.17) is 10.5 Å². The van der Waals surface area contributed by atoms with Crippen LogP contribution in [0.4, 0.5) is 28.8 Å². The Morgan fingerprint density at radius 3 is 2.24 bits per heavy atom. The van der Waals surface area contributed by atoms with E-state index in [0.717, 1.165) is 6.42 Å². The lowest BCUT2D eigenvalue weighted by Gasteiger charge is -2.19. The molecule has 0 bridgehead atoms. The molecule has 0 spiro atoms. The first-order valence-electron chi connectivity index (χ1n) is 13.1. The lowest BCUT2D eigenvalue weighted by Crippen LogP contribution is -2.24. The molecule has 0 saturated carbocycles. The molecule has 41 heavy (non-hydrogen) atoms. The summed E-state index contributed by atoms with van der Waals surface area (Å²) in [5.41, 5.74) is 6.80. The number of primary amides is 1. The highest BCUT2D eigenvalue weighted by atomic mass is 16.6. The van der Waals surface area contributed by atoms with Crippen molar-refractivity contribution in [3.8, 4) is 0 Å². The molecule has 216 valence electrons. The third kappa shape index (κ3) is 9.92. The minimum atomic E-state index is -0.618. The van der Waals surface area contributed by atoms with Crippen molar-refractivity contribution in [1.82, 2.24) is 9.97 Å². The number of aromatic nitrogens is 2. The van der Waals surface area contributed by atoms with Crippen molar-refractivity contribution >= 4 is 52.5 Å². The number of nitrogens with zero attached hydrogens (tertiary/aromatic N) is 2.